The van der Waals surface area contributed by atoms with E-state index in [1.807, 2.05) is 11.5 Å². The van der Waals surface area contributed by atoms with E-state index in [4.69, 9.17) is 5.73 Å². The largest absolute Gasteiger partial charge is 0.350 e. The van der Waals surface area contributed by atoms with E-state index < -0.39 is 6.03 Å². The van der Waals surface area contributed by atoms with E-state index in [1.54, 1.807) is 18.2 Å². The number of hydrazone groups is 1. The molecule has 0 radical (unpaired) electrons. The molecule has 0 atom stereocenters. The van der Waals surface area contributed by atoms with Crippen molar-refractivity contribution in [3.63, 3.8) is 0 Å². The van der Waals surface area contributed by atoms with Crippen LogP contribution in [0.1, 0.15) is 15.9 Å². The van der Waals surface area contributed by atoms with Crippen LogP contribution < -0.4 is 11.2 Å². The number of hydrogen-bond acceptors (Lipinski definition) is 3. The standard InChI is InChI=1S/C11H8BrN3O2/c12-7-2-3-8-6(5-7)1-4-9(10(8)16)14-15-11(13)17/h1-5H,(H3,13,15,17). The number of carbonyl (C=O) groups is 2. The lowest BCUT2D eigenvalue weighted by Crippen LogP contribution is -2.28. The van der Waals surface area contributed by atoms with Crippen LogP contribution >= 0.6 is 15.9 Å². The van der Waals surface area contributed by atoms with Crippen LogP contribution in [-0.4, -0.2) is 17.5 Å². The predicted molar refractivity (Wildman–Crippen MR) is 67.7 cm³/mol. The topological polar surface area (TPSA) is 84.6 Å². The van der Waals surface area contributed by atoms with Gasteiger partial charge in [-0.2, -0.15) is 5.10 Å². The lowest BCUT2D eigenvalue weighted by atomic mass is 9.95. The summed E-state index contributed by atoms with van der Waals surface area (Å²) in [5.74, 6) is -0.247. The Labute approximate surface area is 106 Å². The summed E-state index contributed by atoms with van der Waals surface area (Å²) in [6.07, 6.45) is 3.29. The number of urea groups is 1. The van der Waals surface area contributed by atoms with Gasteiger partial charge in [-0.25, -0.2) is 10.2 Å². The van der Waals surface area contributed by atoms with Crippen molar-refractivity contribution in [2.75, 3.05) is 0 Å². The SMILES string of the molecule is NC(=O)NN=C1C=Cc2cc(Br)ccc2C1=O. The number of allylic oxidation sites excluding steroid dienone is 1. The summed E-state index contributed by atoms with van der Waals surface area (Å²) in [6, 6.07) is 4.50. The monoisotopic (exact) mass is 293 g/mol. The molecule has 1 aromatic rings. The summed E-state index contributed by atoms with van der Waals surface area (Å²) in [7, 11) is 0. The first kappa shape index (κ1) is 11.5. The smallest absolute Gasteiger partial charge is 0.332 e. The summed E-state index contributed by atoms with van der Waals surface area (Å²) in [6.45, 7) is 0. The van der Waals surface area contributed by atoms with E-state index in [-0.39, 0.29) is 11.5 Å². The van der Waals surface area contributed by atoms with Gasteiger partial charge >= 0.3 is 6.03 Å². The summed E-state index contributed by atoms with van der Waals surface area (Å²) in [5, 5.41) is 3.63. The van der Waals surface area contributed by atoms with Crippen LogP contribution in [0, 0.1) is 0 Å². The second kappa shape index (κ2) is 4.50. The van der Waals surface area contributed by atoms with Crippen molar-refractivity contribution in [2.24, 2.45) is 10.8 Å². The Balaban J connectivity index is 2.37. The normalized spacial score (nSPS) is 15.8. The number of halogens is 1. The van der Waals surface area contributed by atoms with Gasteiger partial charge in [0.05, 0.1) is 0 Å². The number of rotatable bonds is 1. The van der Waals surface area contributed by atoms with Gasteiger partial charge in [-0.1, -0.05) is 22.0 Å². The molecule has 2 amide bonds. The number of carbonyl (C=O) groups excluding carboxylic acids is 2. The minimum absolute atomic E-state index is 0.152. The van der Waals surface area contributed by atoms with Gasteiger partial charge in [-0.15, -0.1) is 0 Å². The third kappa shape index (κ3) is 2.42. The molecule has 0 fully saturated rings. The van der Waals surface area contributed by atoms with Crippen molar-refractivity contribution < 1.29 is 9.59 Å². The number of nitrogens with one attached hydrogen (secondary N) is 1. The highest BCUT2D eigenvalue weighted by Crippen LogP contribution is 2.22. The van der Waals surface area contributed by atoms with Crippen LogP contribution in [0.15, 0.2) is 33.8 Å². The fourth-order valence-corrected chi connectivity index (χ4v) is 1.84. The maximum Gasteiger partial charge on any atom is 0.332 e. The molecule has 0 aliphatic heterocycles. The minimum atomic E-state index is -0.805. The first-order chi connectivity index (χ1) is 8.08. The van der Waals surface area contributed by atoms with Crippen LogP contribution in [0.5, 0.6) is 0 Å². The predicted octanol–water partition coefficient (Wildman–Crippen LogP) is 1.68. The maximum absolute atomic E-state index is 12.0. The molecule has 2 rings (SSSR count). The molecule has 5 nitrogen and oxygen atoms in total. The van der Waals surface area contributed by atoms with Crippen LogP contribution in [0.3, 0.4) is 0 Å². The van der Waals surface area contributed by atoms with E-state index >= 15 is 0 Å². The zero-order chi connectivity index (χ0) is 12.4. The Morgan fingerprint density at radius 1 is 1.35 bits per heavy atom. The van der Waals surface area contributed by atoms with Crippen LogP contribution in [0.2, 0.25) is 0 Å². The third-order valence-corrected chi connectivity index (χ3v) is 2.69. The number of hydrogen-bond donors (Lipinski definition) is 2. The Bertz CT molecular complexity index is 564. The van der Waals surface area contributed by atoms with Gasteiger partial charge in [0.2, 0.25) is 5.78 Å². The van der Waals surface area contributed by atoms with Gasteiger partial charge < -0.3 is 5.73 Å². The van der Waals surface area contributed by atoms with Crippen molar-refractivity contribution in [1.29, 1.82) is 0 Å². The van der Waals surface area contributed by atoms with E-state index in [2.05, 4.69) is 21.0 Å². The molecule has 1 aliphatic rings. The fourth-order valence-electron chi connectivity index (χ4n) is 1.46. The molecule has 0 spiro atoms. The highest BCUT2D eigenvalue weighted by molar-refractivity contribution is 9.10. The molecule has 17 heavy (non-hydrogen) atoms. The van der Waals surface area contributed by atoms with Crippen molar-refractivity contribution >= 4 is 39.5 Å². The van der Waals surface area contributed by atoms with Crippen LogP contribution in [-0.2, 0) is 0 Å². The zero-order valence-electron chi connectivity index (χ0n) is 8.61. The summed E-state index contributed by atoms with van der Waals surface area (Å²) in [4.78, 5) is 22.5. The first-order valence-corrected chi connectivity index (χ1v) is 5.52. The number of primary amides is 1. The second-order valence-electron chi connectivity index (χ2n) is 3.37. The number of nitrogens with zero attached hydrogens (tertiary/aromatic N) is 1. The van der Waals surface area contributed by atoms with E-state index in [0.717, 1.165) is 10.0 Å². The van der Waals surface area contributed by atoms with Gasteiger partial charge in [0.25, 0.3) is 0 Å². The number of ketones is 1. The number of amides is 2. The van der Waals surface area contributed by atoms with Gasteiger partial charge in [0, 0.05) is 10.0 Å². The van der Waals surface area contributed by atoms with Crippen molar-refractivity contribution in [3.05, 3.63) is 39.9 Å². The molecular weight excluding hydrogens is 286 g/mol. The Kier molecular flexibility index (Phi) is 3.06. The van der Waals surface area contributed by atoms with E-state index in [0.29, 0.717) is 5.56 Å². The highest BCUT2D eigenvalue weighted by atomic mass is 79.9. The van der Waals surface area contributed by atoms with Crippen molar-refractivity contribution in [3.8, 4) is 0 Å². The molecule has 86 valence electrons. The Morgan fingerprint density at radius 2 is 2.12 bits per heavy atom. The molecule has 0 heterocycles. The van der Waals surface area contributed by atoms with Gasteiger partial charge in [-0.05, 0) is 29.8 Å². The maximum atomic E-state index is 12.0. The molecule has 0 bridgehead atoms. The Hall–Kier alpha value is -1.95. The molecule has 0 aromatic heterocycles. The van der Waals surface area contributed by atoms with Gasteiger partial charge in [0.15, 0.2) is 0 Å². The molecule has 0 saturated carbocycles. The number of Topliss-reactive ketones (excluding diaryl/α,β-unsaturated/α-hetero) is 1. The molecule has 0 unspecified atom stereocenters. The zero-order valence-corrected chi connectivity index (χ0v) is 10.2. The third-order valence-electron chi connectivity index (χ3n) is 2.20. The quantitative estimate of drug-likeness (QED) is 0.772. The summed E-state index contributed by atoms with van der Waals surface area (Å²) >= 11 is 3.33. The molecule has 0 saturated heterocycles. The number of nitrogens with two attached hydrogens (primary N) is 1. The summed E-state index contributed by atoms with van der Waals surface area (Å²) < 4.78 is 0.893. The van der Waals surface area contributed by atoms with Crippen LogP contribution in [0.25, 0.3) is 6.08 Å². The van der Waals surface area contributed by atoms with E-state index in [9.17, 15) is 9.59 Å². The lowest BCUT2D eigenvalue weighted by molar-refractivity contribution is 0.106. The molecule has 1 aromatic carbocycles. The molecule has 3 N–H and O–H groups in total. The average molecular weight is 294 g/mol. The highest BCUT2D eigenvalue weighted by Gasteiger charge is 2.19. The molecule has 6 heteroatoms. The molecular formula is C11H8BrN3O2. The minimum Gasteiger partial charge on any atom is -0.350 e. The van der Waals surface area contributed by atoms with E-state index in [1.165, 1.54) is 6.08 Å². The van der Waals surface area contributed by atoms with Gasteiger partial charge in [0.1, 0.15) is 5.71 Å². The Morgan fingerprint density at radius 3 is 2.82 bits per heavy atom. The fraction of sp³-hybridized carbons (Fsp3) is 0. The second-order valence-corrected chi connectivity index (χ2v) is 4.28. The average Bonchev–Trinajstić information content (AvgIpc) is 2.27. The summed E-state index contributed by atoms with van der Waals surface area (Å²) in [5.41, 5.74) is 8.41. The van der Waals surface area contributed by atoms with Gasteiger partial charge in [-0.3, -0.25) is 4.79 Å². The number of benzene rings is 1. The molecule has 1 aliphatic carbocycles. The first-order valence-electron chi connectivity index (χ1n) is 4.73. The van der Waals surface area contributed by atoms with Crippen molar-refractivity contribution in [1.82, 2.24) is 5.43 Å². The van der Waals surface area contributed by atoms with Crippen molar-refractivity contribution in [2.45, 2.75) is 0 Å². The number of fused-ring (bicyclic) bond motifs is 1. The van der Waals surface area contributed by atoms with Crippen LogP contribution in [0.4, 0.5) is 4.79 Å². The lowest BCUT2D eigenvalue weighted by Gasteiger charge is -2.10.